The van der Waals surface area contributed by atoms with Gasteiger partial charge >= 0.3 is 5.97 Å². The van der Waals surface area contributed by atoms with E-state index in [2.05, 4.69) is 12.2 Å². The molecule has 0 aromatic heterocycles. The van der Waals surface area contributed by atoms with Crippen LogP contribution >= 0.6 is 0 Å². The summed E-state index contributed by atoms with van der Waals surface area (Å²) in [7, 11) is 0. The zero-order valence-electron chi connectivity index (χ0n) is 11.3. The topological polar surface area (TPSA) is 66.4 Å². The van der Waals surface area contributed by atoms with Crippen LogP contribution in [0.3, 0.4) is 0 Å². The maximum atomic E-state index is 11.7. The lowest BCUT2D eigenvalue weighted by Crippen LogP contribution is -2.38. The van der Waals surface area contributed by atoms with E-state index in [1.807, 2.05) is 0 Å². The zero-order valence-corrected chi connectivity index (χ0v) is 11.3. The second kappa shape index (κ2) is 8.11. The molecule has 1 aliphatic rings. The van der Waals surface area contributed by atoms with Crippen molar-refractivity contribution in [1.82, 2.24) is 5.32 Å². The summed E-state index contributed by atoms with van der Waals surface area (Å²) >= 11 is 0. The molecule has 0 heterocycles. The van der Waals surface area contributed by atoms with E-state index in [4.69, 9.17) is 5.11 Å². The Kier molecular flexibility index (Phi) is 6.76. The molecule has 1 saturated carbocycles. The second-order valence-corrected chi connectivity index (χ2v) is 5.36. The number of carbonyl (C=O) groups is 2. The van der Waals surface area contributed by atoms with Crippen molar-refractivity contribution in [3.63, 3.8) is 0 Å². The van der Waals surface area contributed by atoms with E-state index < -0.39 is 5.97 Å². The molecule has 0 bridgehead atoms. The maximum absolute atomic E-state index is 11.7. The summed E-state index contributed by atoms with van der Waals surface area (Å²) in [5, 5.41) is 11.5. The highest BCUT2D eigenvalue weighted by molar-refractivity contribution is 5.76. The molecule has 1 aliphatic carbocycles. The van der Waals surface area contributed by atoms with Crippen LogP contribution in [0.5, 0.6) is 0 Å². The minimum Gasteiger partial charge on any atom is -0.481 e. The van der Waals surface area contributed by atoms with Crippen molar-refractivity contribution in [1.29, 1.82) is 0 Å². The van der Waals surface area contributed by atoms with Crippen LogP contribution in [0.25, 0.3) is 0 Å². The zero-order chi connectivity index (χ0) is 13.4. The number of rotatable bonds is 7. The summed E-state index contributed by atoms with van der Waals surface area (Å²) in [4.78, 5) is 22.0. The summed E-state index contributed by atoms with van der Waals surface area (Å²) in [6.07, 6.45) is 8.19. The van der Waals surface area contributed by atoms with Gasteiger partial charge in [0.25, 0.3) is 0 Å². The quantitative estimate of drug-likeness (QED) is 0.687. The Morgan fingerprint density at radius 2 is 1.78 bits per heavy atom. The van der Waals surface area contributed by atoms with Crippen LogP contribution in [0.1, 0.15) is 64.7 Å². The molecule has 4 nitrogen and oxygen atoms in total. The molecule has 1 amide bonds. The van der Waals surface area contributed by atoms with Crippen LogP contribution < -0.4 is 5.32 Å². The molecule has 0 aromatic carbocycles. The third kappa shape index (κ3) is 6.03. The van der Waals surface area contributed by atoms with Crippen LogP contribution in [0, 0.1) is 5.92 Å². The largest absolute Gasteiger partial charge is 0.481 e. The number of nitrogens with one attached hydrogen (secondary N) is 1. The van der Waals surface area contributed by atoms with Crippen molar-refractivity contribution in [2.24, 2.45) is 5.92 Å². The first-order valence-corrected chi connectivity index (χ1v) is 7.10. The number of hydrogen-bond acceptors (Lipinski definition) is 2. The van der Waals surface area contributed by atoms with Gasteiger partial charge in [-0.25, -0.2) is 0 Å². The molecule has 1 rings (SSSR count). The lowest BCUT2D eigenvalue weighted by molar-refractivity contribution is -0.137. The SMILES string of the molecule is CC(NC(=O)CCCCC(=O)O)C1CCCCC1. The van der Waals surface area contributed by atoms with Crippen LogP contribution in [0.15, 0.2) is 0 Å². The normalized spacial score (nSPS) is 18.3. The van der Waals surface area contributed by atoms with E-state index in [1.165, 1.54) is 32.1 Å². The number of carbonyl (C=O) groups excluding carboxylic acids is 1. The van der Waals surface area contributed by atoms with Crippen molar-refractivity contribution in [3.05, 3.63) is 0 Å². The molecule has 0 radical (unpaired) electrons. The van der Waals surface area contributed by atoms with E-state index in [9.17, 15) is 9.59 Å². The third-order valence-corrected chi connectivity index (χ3v) is 3.79. The summed E-state index contributed by atoms with van der Waals surface area (Å²) in [5.74, 6) is -0.0915. The fraction of sp³-hybridized carbons (Fsp3) is 0.857. The number of aliphatic carboxylic acids is 1. The fourth-order valence-electron chi connectivity index (χ4n) is 2.64. The summed E-state index contributed by atoms with van der Waals surface area (Å²) < 4.78 is 0. The maximum Gasteiger partial charge on any atom is 0.303 e. The molecule has 4 heteroatoms. The van der Waals surface area contributed by atoms with E-state index in [0.717, 1.165) is 0 Å². The Hall–Kier alpha value is -1.06. The van der Waals surface area contributed by atoms with Crippen LogP contribution in [0.4, 0.5) is 0 Å². The summed E-state index contributed by atoms with van der Waals surface area (Å²) in [5.41, 5.74) is 0. The van der Waals surface area contributed by atoms with Gasteiger partial charge in [-0.05, 0) is 38.5 Å². The molecule has 1 atom stereocenters. The minimum atomic E-state index is -0.786. The Labute approximate surface area is 109 Å². The first-order chi connectivity index (χ1) is 8.59. The summed E-state index contributed by atoms with van der Waals surface area (Å²) in [6, 6.07) is 0.261. The number of unbranched alkanes of at least 4 members (excludes halogenated alkanes) is 1. The standard InChI is InChI=1S/C14H25NO3/c1-11(12-7-3-2-4-8-12)15-13(16)9-5-6-10-14(17)18/h11-12H,2-10H2,1H3,(H,15,16)(H,17,18). The molecule has 0 aromatic rings. The number of carboxylic acids is 1. The third-order valence-electron chi connectivity index (χ3n) is 3.79. The van der Waals surface area contributed by atoms with E-state index in [1.54, 1.807) is 0 Å². The first kappa shape index (κ1) is 15.0. The molecule has 0 aliphatic heterocycles. The molecular formula is C14H25NO3. The van der Waals surface area contributed by atoms with Gasteiger partial charge in [-0.15, -0.1) is 0 Å². The molecule has 0 spiro atoms. The van der Waals surface area contributed by atoms with Crippen molar-refractivity contribution >= 4 is 11.9 Å². The fourth-order valence-corrected chi connectivity index (χ4v) is 2.64. The smallest absolute Gasteiger partial charge is 0.303 e. The van der Waals surface area contributed by atoms with E-state index in [-0.39, 0.29) is 18.4 Å². The molecule has 1 unspecified atom stereocenters. The van der Waals surface area contributed by atoms with Gasteiger partial charge in [0, 0.05) is 18.9 Å². The number of hydrogen-bond donors (Lipinski definition) is 2. The van der Waals surface area contributed by atoms with Gasteiger partial charge in [0.1, 0.15) is 0 Å². The van der Waals surface area contributed by atoms with Gasteiger partial charge in [-0.2, -0.15) is 0 Å². The highest BCUT2D eigenvalue weighted by atomic mass is 16.4. The molecule has 1 fully saturated rings. The average molecular weight is 255 g/mol. The predicted octanol–water partition coefficient (Wildman–Crippen LogP) is 2.72. The number of carboxylic acid groups (broad SMARTS) is 1. The van der Waals surface area contributed by atoms with Gasteiger partial charge < -0.3 is 10.4 Å². The highest BCUT2D eigenvalue weighted by Gasteiger charge is 2.21. The van der Waals surface area contributed by atoms with Gasteiger partial charge in [0.15, 0.2) is 0 Å². The highest BCUT2D eigenvalue weighted by Crippen LogP contribution is 2.26. The van der Waals surface area contributed by atoms with E-state index in [0.29, 0.717) is 25.2 Å². The van der Waals surface area contributed by atoms with Gasteiger partial charge in [-0.3, -0.25) is 9.59 Å². The first-order valence-electron chi connectivity index (χ1n) is 7.10. The molecular weight excluding hydrogens is 230 g/mol. The van der Waals surface area contributed by atoms with Crippen molar-refractivity contribution < 1.29 is 14.7 Å². The Balaban J connectivity index is 2.12. The van der Waals surface area contributed by atoms with Crippen molar-refractivity contribution in [3.8, 4) is 0 Å². The Morgan fingerprint density at radius 3 is 2.39 bits per heavy atom. The van der Waals surface area contributed by atoms with Gasteiger partial charge in [-0.1, -0.05) is 19.3 Å². The van der Waals surface area contributed by atoms with Crippen molar-refractivity contribution in [2.75, 3.05) is 0 Å². The van der Waals surface area contributed by atoms with Crippen LogP contribution in [0.2, 0.25) is 0 Å². The predicted molar refractivity (Wildman–Crippen MR) is 70.3 cm³/mol. The monoisotopic (exact) mass is 255 g/mol. The van der Waals surface area contributed by atoms with Crippen molar-refractivity contribution in [2.45, 2.75) is 70.8 Å². The molecule has 18 heavy (non-hydrogen) atoms. The lowest BCUT2D eigenvalue weighted by atomic mass is 9.84. The summed E-state index contributed by atoms with van der Waals surface area (Å²) in [6.45, 7) is 2.09. The second-order valence-electron chi connectivity index (χ2n) is 5.36. The van der Waals surface area contributed by atoms with E-state index >= 15 is 0 Å². The van der Waals surface area contributed by atoms with Gasteiger partial charge in [0.2, 0.25) is 5.91 Å². The Bertz CT molecular complexity index is 272. The lowest BCUT2D eigenvalue weighted by Gasteiger charge is -2.28. The number of amides is 1. The van der Waals surface area contributed by atoms with Gasteiger partial charge in [0.05, 0.1) is 0 Å². The Morgan fingerprint density at radius 1 is 1.17 bits per heavy atom. The van der Waals surface area contributed by atoms with Crippen LogP contribution in [-0.4, -0.2) is 23.0 Å². The molecule has 2 N–H and O–H groups in total. The molecule has 0 saturated heterocycles. The van der Waals surface area contributed by atoms with Crippen LogP contribution in [-0.2, 0) is 9.59 Å². The average Bonchev–Trinajstić information content (AvgIpc) is 2.35. The molecule has 104 valence electrons. The minimum absolute atomic E-state index is 0.0680.